The van der Waals surface area contributed by atoms with Gasteiger partial charge in [-0.1, -0.05) is 13.8 Å². The molecule has 2 heterocycles. The third-order valence-electron chi connectivity index (χ3n) is 3.43. The van der Waals surface area contributed by atoms with Gasteiger partial charge in [-0.05, 0) is 37.5 Å². The molecule has 0 aliphatic heterocycles. The van der Waals surface area contributed by atoms with Crippen LogP contribution in [0.1, 0.15) is 49.3 Å². The molecule has 2 aromatic heterocycles. The molecule has 4 heteroatoms. The van der Waals surface area contributed by atoms with Gasteiger partial charge in [-0.15, -0.1) is 0 Å². The molecule has 112 valence electrons. The Morgan fingerprint density at radius 3 is 2.48 bits per heavy atom. The molecule has 2 aromatic rings. The molecule has 2 rings (SSSR count). The standard InChI is InChI=1S/C17H24N4/c1-4-6-16-20-15(12-14-7-10-18-11-8-14)13(3)17(21-16)19-9-5-2/h7-8,10-11H,4-6,9,12H2,1-3H3,(H,19,20,21). The third-order valence-corrected chi connectivity index (χ3v) is 3.43. The first-order chi connectivity index (χ1) is 10.2. The van der Waals surface area contributed by atoms with Crippen molar-refractivity contribution < 1.29 is 0 Å². The van der Waals surface area contributed by atoms with Crippen molar-refractivity contribution >= 4 is 5.82 Å². The zero-order valence-corrected chi connectivity index (χ0v) is 13.2. The molecule has 0 bridgehead atoms. The van der Waals surface area contributed by atoms with Gasteiger partial charge in [0.05, 0.1) is 5.69 Å². The summed E-state index contributed by atoms with van der Waals surface area (Å²) in [7, 11) is 0. The summed E-state index contributed by atoms with van der Waals surface area (Å²) in [5, 5.41) is 3.42. The monoisotopic (exact) mass is 284 g/mol. The number of pyridine rings is 1. The highest BCUT2D eigenvalue weighted by Crippen LogP contribution is 2.19. The predicted octanol–water partition coefficient (Wildman–Crippen LogP) is 3.55. The number of anilines is 1. The van der Waals surface area contributed by atoms with Gasteiger partial charge in [0.2, 0.25) is 0 Å². The highest BCUT2D eigenvalue weighted by Gasteiger charge is 2.11. The average molecular weight is 284 g/mol. The minimum absolute atomic E-state index is 0.828. The van der Waals surface area contributed by atoms with Gasteiger partial charge < -0.3 is 5.32 Å². The molecule has 0 radical (unpaired) electrons. The number of hydrogen-bond acceptors (Lipinski definition) is 4. The van der Waals surface area contributed by atoms with Crippen LogP contribution in [-0.4, -0.2) is 21.5 Å². The average Bonchev–Trinajstić information content (AvgIpc) is 2.50. The zero-order valence-electron chi connectivity index (χ0n) is 13.2. The van der Waals surface area contributed by atoms with Crippen molar-refractivity contribution in [2.45, 2.75) is 46.5 Å². The predicted molar refractivity (Wildman–Crippen MR) is 86.6 cm³/mol. The van der Waals surface area contributed by atoms with E-state index in [2.05, 4.69) is 36.1 Å². The fraction of sp³-hybridized carbons (Fsp3) is 0.471. The molecule has 0 unspecified atom stereocenters. The second kappa shape index (κ2) is 7.72. The highest BCUT2D eigenvalue weighted by molar-refractivity contribution is 5.47. The van der Waals surface area contributed by atoms with Crippen molar-refractivity contribution in [2.24, 2.45) is 0 Å². The summed E-state index contributed by atoms with van der Waals surface area (Å²) in [6.45, 7) is 7.36. The van der Waals surface area contributed by atoms with Gasteiger partial charge in [-0.25, -0.2) is 9.97 Å². The molecule has 0 amide bonds. The van der Waals surface area contributed by atoms with E-state index in [0.717, 1.165) is 55.1 Å². The van der Waals surface area contributed by atoms with E-state index in [4.69, 9.17) is 4.98 Å². The molecule has 0 fully saturated rings. The van der Waals surface area contributed by atoms with Crippen LogP contribution >= 0.6 is 0 Å². The summed E-state index contributed by atoms with van der Waals surface area (Å²) >= 11 is 0. The van der Waals surface area contributed by atoms with Crippen molar-refractivity contribution in [3.8, 4) is 0 Å². The molecule has 0 atom stereocenters. The van der Waals surface area contributed by atoms with Crippen molar-refractivity contribution in [1.29, 1.82) is 0 Å². The van der Waals surface area contributed by atoms with Gasteiger partial charge in [0.25, 0.3) is 0 Å². The van der Waals surface area contributed by atoms with Crippen LogP contribution in [-0.2, 0) is 12.8 Å². The molecular formula is C17H24N4. The minimum Gasteiger partial charge on any atom is -0.370 e. The van der Waals surface area contributed by atoms with Crippen LogP contribution in [0.2, 0.25) is 0 Å². The summed E-state index contributed by atoms with van der Waals surface area (Å²) in [4.78, 5) is 13.5. The summed E-state index contributed by atoms with van der Waals surface area (Å²) in [6.07, 6.45) is 7.56. The molecule has 21 heavy (non-hydrogen) atoms. The van der Waals surface area contributed by atoms with Gasteiger partial charge in [-0.2, -0.15) is 0 Å². The number of aryl methyl sites for hydroxylation is 1. The summed E-state index contributed by atoms with van der Waals surface area (Å²) in [5.41, 5.74) is 3.49. The number of aromatic nitrogens is 3. The fourth-order valence-electron chi connectivity index (χ4n) is 2.23. The van der Waals surface area contributed by atoms with Crippen LogP contribution in [0, 0.1) is 6.92 Å². The maximum Gasteiger partial charge on any atom is 0.132 e. The van der Waals surface area contributed by atoms with Gasteiger partial charge in [-0.3, -0.25) is 4.98 Å². The lowest BCUT2D eigenvalue weighted by Crippen LogP contribution is -2.11. The molecular weight excluding hydrogens is 260 g/mol. The number of nitrogens with one attached hydrogen (secondary N) is 1. The normalized spacial score (nSPS) is 10.6. The quantitative estimate of drug-likeness (QED) is 0.845. The van der Waals surface area contributed by atoms with Gasteiger partial charge in [0.1, 0.15) is 11.6 Å². The Morgan fingerprint density at radius 2 is 1.81 bits per heavy atom. The molecule has 0 aliphatic rings. The van der Waals surface area contributed by atoms with E-state index in [9.17, 15) is 0 Å². The fourth-order valence-corrected chi connectivity index (χ4v) is 2.23. The van der Waals surface area contributed by atoms with E-state index in [0.29, 0.717) is 0 Å². The largest absolute Gasteiger partial charge is 0.370 e. The first-order valence-corrected chi connectivity index (χ1v) is 7.73. The Balaban J connectivity index is 2.31. The first-order valence-electron chi connectivity index (χ1n) is 7.73. The Morgan fingerprint density at radius 1 is 1.05 bits per heavy atom. The van der Waals surface area contributed by atoms with E-state index >= 15 is 0 Å². The third kappa shape index (κ3) is 4.25. The van der Waals surface area contributed by atoms with E-state index in [1.807, 2.05) is 24.5 Å². The summed E-state index contributed by atoms with van der Waals surface area (Å²) in [6, 6.07) is 4.08. The lowest BCUT2D eigenvalue weighted by atomic mass is 10.1. The Hall–Kier alpha value is -1.97. The summed E-state index contributed by atoms with van der Waals surface area (Å²) < 4.78 is 0. The van der Waals surface area contributed by atoms with Crippen molar-refractivity contribution in [3.63, 3.8) is 0 Å². The zero-order chi connectivity index (χ0) is 15.1. The number of nitrogens with zero attached hydrogens (tertiary/aromatic N) is 3. The van der Waals surface area contributed by atoms with Crippen molar-refractivity contribution in [2.75, 3.05) is 11.9 Å². The van der Waals surface area contributed by atoms with Crippen LogP contribution in [0.25, 0.3) is 0 Å². The Kier molecular flexibility index (Phi) is 5.67. The maximum absolute atomic E-state index is 4.75. The topological polar surface area (TPSA) is 50.7 Å². The maximum atomic E-state index is 4.75. The first kappa shape index (κ1) is 15.4. The van der Waals surface area contributed by atoms with Gasteiger partial charge in [0.15, 0.2) is 0 Å². The molecule has 0 aliphatic carbocycles. The van der Waals surface area contributed by atoms with Gasteiger partial charge >= 0.3 is 0 Å². The van der Waals surface area contributed by atoms with E-state index in [1.54, 1.807) is 0 Å². The van der Waals surface area contributed by atoms with Crippen molar-refractivity contribution in [1.82, 2.24) is 15.0 Å². The van der Waals surface area contributed by atoms with Gasteiger partial charge in [0, 0.05) is 37.3 Å². The second-order valence-electron chi connectivity index (χ2n) is 5.27. The highest BCUT2D eigenvalue weighted by atomic mass is 15.0. The van der Waals surface area contributed by atoms with E-state index in [-0.39, 0.29) is 0 Å². The van der Waals surface area contributed by atoms with Crippen molar-refractivity contribution in [3.05, 3.63) is 47.2 Å². The molecule has 0 saturated carbocycles. The molecule has 0 aromatic carbocycles. The van der Waals surface area contributed by atoms with Crippen LogP contribution in [0.4, 0.5) is 5.82 Å². The SMILES string of the molecule is CCCNc1nc(CCC)nc(Cc2ccncc2)c1C. The van der Waals surface area contributed by atoms with Crippen LogP contribution in [0.3, 0.4) is 0 Å². The molecule has 4 nitrogen and oxygen atoms in total. The van der Waals surface area contributed by atoms with Crippen LogP contribution in [0.15, 0.2) is 24.5 Å². The Bertz CT molecular complexity index is 567. The molecule has 1 N–H and O–H groups in total. The van der Waals surface area contributed by atoms with Crippen LogP contribution in [0.5, 0.6) is 0 Å². The lowest BCUT2D eigenvalue weighted by molar-refractivity contribution is 0.808. The lowest BCUT2D eigenvalue weighted by Gasteiger charge is -2.13. The molecule has 0 spiro atoms. The van der Waals surface area contributed by atoms with E-state index in [1.165, 1.54) is 5.56 Å². The van der Waals surface area contributed by atoms with Crippen LogP contribution < -0.4 is 5.32 Å². The summed E-state index contributed by atoms with van der Waals surface area (Å²) in [5.74, 6) is 1.92. The second-order valence-corrected chi connectivity index (χ2v) is 5.27. The smallest absolute Gasteiger partial charge is 0.132 e. The number of rotatable bonds is 7. The van der Waals surface area contributed by atoms with E-state index < -0.39 is 0 Å². The molecule has 0 saturated heterocycles. The minimum atomic E-state index is 0.828. The number of hydrogen-bond donors (Lipinski definition) is 1. The Labute approximate surface area is 127 Å².